The minimum atomic E-state index is -0.590. The highest BCUT2D eigenvalue weighted by Crippen LogP contribution is 2.30. The fourth-order valence-electron chi connectivity index (χ4n) is 4.42. The number of ether oxygens (including phenoxy) is 7. The standard InChI is InChI=1S/C40H44O11/c1-4-37(41)48-24-10-8-7-9-23-45-33-18-13-30(14-19-33)31-15-20-34(21-16-31)51-40(44)32-17-22-35(46-25-11-27-49-38(42)5-2)36(29-32)47-26-12-28-50-39(43)6-3/h4-6,13-22,29H,1-3,7-12,23-28H2. The van der Waals surface area contributed by atoms with Crippen molar-refractivity contribution in [3.05, 3.63) is 110 Å². The van der Waals surface area contributed by atoms with E-state index in [4.69, 9.17) is 33.2 Å². The summed E-state index contributed by atoms with van der Waals surface area (Å²) in [6, 6.07) is 19.6. The zero-order valence-corrected chi connectivity index (χ0v) is 28.7. The predicted molar refractivity (Wildman–Crippen MR) is 191 cm³/mol. The van der Waals surface area contributed by atoms with Gasteiger partial charge >= 0.3 is 23.9 Å². The van der Waals surface area contributed by atoms with Crippen LogP contribution in [0.15, 0.2) is 105 Å². The maximum Gasteiger partial charge on any atom is 0.343 e. The van der Waals surface area contributed by atoms with Gasteiger partial charge in [0.15, 0.2) is 11.5 Å². The minimum absolute atomic E-state index is 0.131. The van der Waals surface area contributed by atoms with Crippen LogP contribution in [-0.4, -0.2) is 63.5 Å². The lowest BCUT2D eigenvalue weighted by molar-refractivity contribution is -0.138. The highest BCUT2D eigenvalue weighted by Gasteiger charge is 2.15. The Bertz CT molecular complexity index is 1590. The van der Waals surface area contributed by atoms with E-state index in [9.17, 15) is 19.2 Å². The summed E-state index contributed by atoms with van der Waals surface area (Å²) in [7, 11) is 0. The van der Waals surface area contributed by atoms with Gasteiger partial charge in [-0.2, -0.15) is 0 Å². The number of benzene rings is 3. The largest absolute Gasteiger partial charge is 0.494 e. The number of rotatable bonds is 24. The molecule has 51 heavy (non-hydrogen) atoms. The third-order valence-corrected chi connectivity index (χ3v) is 7.06. The molecule has 0 aromatic heterocycles. The summed E-state index contributed by atoms with van der Waals surface area (Å²) in [6.45, 7) is 11.8. The molecule has 11 nitrogen and oxygen atoms in total. The van der Waals surface area contributed by atoms with E-state index < -0.39 is 23.9 Å². The Balaban J connectivity index is 1.51. The number of hydrogen-bond acceptors (Lipinski definition) is 11. The number of carbonyl (C=O) groups is 4. The molecule has 0 aliphatic heterocycles. The van der Waals surface area contributed by atoms with E-state index in [0.717, 1.165) is 60.8 Å². The zero-order chi connectivity index (χ0) is 36.7. The van der Waals surface area contributed by atoms with E-state index in [2.05, 4.69) is 19.7 Å². The van der Waals surface area contributed by atoms with Crippen molar-refractivity contribution in [2.45, 2.75) is 38.5 Å². The number of hydrogen-bond donors (Lipinski definition) is 0. The van der Waals surface area contributed by atoms with Gasteiger partial charge in [0.25, 0.3) is 0 Å². The van der Waals surface area contributed by atoms with Gasteiger partial charge in [-0.25, -0.2) is 19.2 Å². The van der Waals surface area contributed by atoms with Gasteiger partial charge in [0.05, 0.1) is 45.2 Å². The van der Waals surface area contributed by atoms with Crippen molar-refractivity contribution >= 4 is 23.9 Å². The van der Waals surface area contributed by atoms with E-state index in [1.165, 1.54) is 6.07 Å². The second-order valence-corrected chi connectivity index (χ2v) is 10.9. The third kappa shape index (κ3) is 15.1. The minimum Gasteiger partial charge on any atom is -0.494 e. The van der Waals surface area contributed by atoms with Gasteiger partial charge in [-0.15, -0.1) is 0 Å². The van der Waals surface area contributed by atoms with Crippen LogP contribution in [0, 0.1) is 0 Å². The molecular formula is C40H44O11. The van der Waals surface area contributed by atoms with Gasteiger partial charge in [0.2, 0.25) is 0 Å². The topological polar surface area (TPSA) is 133 Å². The average Bonchev–Trinajstić information content (AvgIpc) is 3.16. The summed E-state index contributed by atoms with van der Waals surface area (Å²) in [5, 5.41) is 0. The van der Waals surface area contributed by atoms with Gasteiger partial charge in [0.1, 0.15) is 11.5 Å². The van der Waals surface area contributed by atoms with E-state index >= 15 is 0 Å². The first-order chi connectivity index (χ1) is 24.8. The van der Waals surface area contributed by atoms with Crippen LogP contribution < -0.4 is 18.9 Å². The molecule has 0 aliphatic carbocycles. The van der Waals surface area contributed by atoms with E-state index in [-0.39, 0.29) is 32.0 Å². The van der Waals surface area contributed by atoms with Crippen LogP contribution in [0.2, 0.25) is 0 Å². The SMILES string of the molecule is C=CC(=O)OCCCCCCOc1ccc(-c2ccc(OC(=O)c3ccc(OCCCOC(=O)C=C)c(OCCCOC(=O)C=C)c3)cc2)cc1. The molecule has 0 radical (unpaired) electrons. The monoisotopic (exact) mass is 700 g/mol. The van der Waals surface area contributed by atoms with Gasteiger partial charge in [-0.1, -0.05) is 44.0 Å². The molecule has 0 unspecified atom stereocenters. The van der Waals surface area contributed by atoms with Crippen molar-refractivity contribution in [1.29, 1.82) is 0 Å². The molecule has 11 heteroatoms. The lowest BCUT2D eigenvalue weighted by Crippen LogP contribution is -2.11. The van der Waals surface area contributed by atoms with Crippen LogP contribution in [0.5, 0.6) is 23.0 Å². The molecule has 3 aromatic carbocycles. The van der Waals surface area contributed by atoms with E-state index in [1.54, 1.807) is 24.3 Å². The third-order valence-electron chi connectivity index (χ3n) is 7.06. The van der Waals surface area contributed by atoms with Crippen LogP contribution in [0.3, 0.4) is 0 Å². The van der Waals surface area contributed by atoms with E-state index in [0.29, 0.717) is 43.3 Å². The fourth-order valence-corrected chi connectivity index (χ4v) is 4.42. The Morgan fingerprint density at radius 1 is 0.471 bits per heavy atom. The van der Waals surface area contributed by atoms with Crippen LogP contribution >= 0.6 is 0 Å². The predicted octanol–water partition coefficient (Wildman–Crippen LogP) is 7.24. The summed E-state index contributed by atoms with van der Waals surface area (Å²) in [6.07, 6.45) is 7.79. The van der Waals surface area contributed by atoms with Gasteiger partial charge < -0.3 is 33.2 Å². The molecular weight excluding hydrogens is 656 g/mol. The molecule has 0 aliphatic rings. The van der Waals surface area contributed by atoms with Gasteiger partial charge in [-0.05, 0) is 79.3 Å². The summed E-state index contributed by atoms with van der Waals surface area (Å²) >= 11 is 0. The lowest BCUT2D eigenvalue weighted by Gasteiger charge is -2.14. The average molecular weight is 701 g/mol. The Morgan fingerprint density at radius 2 is 0.922 bits per heavy atom. The molecule has 3 aromatic rings. The van der Waals surface area contributed by atoms with Crippen LogP contribution in [0.1, 0.15) is 48.9 Å². The summed E-state index contributed by atoms with van der Waals surface area (Å²) < 4.78 is 38.1. The highest BCUT2D eigenvalue weighted by atomic mass is 16.6. The molecule has 0 saturated carbocycles. The first-order valence-electron chi connectivity index (χ1n) is 16.7. The molecule has 0 heterocycles. The molecule has 270 valence electrons. The molecule has 0 saturated heterocycles. The lowest BCUT2D eigenvalue weighted by atomic mass is 10.1. The molecule has 3 rings (SSSR count). The zero-order valence-electron chi connectivity index (χ0n) is 28.7. The van der Waals surface area contributed by atoms with Crippen LogP contribution in [-0.2, 0) is 28.6 Å². The number of carbonyl (C=O) groups excluding carboxylic acids is 4. The van der Waals surface area contributed by atoms with Crippen molar-refractivity contribution in [3.63, 3.8) is 0 Å². The van der Waals surface area contributed by atoms with Crippen LogP contribution in [0.25, 0.3) is 11.1 Å². The van der Waals surface area contributed by atoms with E-state index in [1.807, 2.05) is 36.4 Å². The quantitative estimate of drug-likeness (QED) is 0.0308. The first-order valence-corrected chi connectivity index (χ1v) is 16.7. The fraction of sp³-hybridized carbons (Fsp3) is 0.300. The smallest absolute Gasteiger partial charge is 0.343 e. The van der Waals surface area contributed by atoms with Gasteiger partial charge in [0, 0.05) is 31.1 Å². The van der Waals surface area contributed by atoms with Crippen molar-refractivity contribution in [3.8, 4) is 34.1 Å². The highest BCUT2D eigenvalue weighted by molar-refractivity contribution is 5.92. The Morgan fingerprint density at radius 3 is 1.45 bits per heavy atom. The van der Waals surface area contributed by atoms with Gasteiger partial charge in [-0.3, -0.25) is 0 Å². The number of unbranched alkanes of at least 4 members (excludes halogenated alkanes) is 3. The second kappa shape index (κ2) is 22.7. The molecule has 0 fully saturated rings. The molecule has 0 atom stereocenters. The Kier molecular flexibility index (Phi) is 17.6. The summed E-state index contributed by atoms with van der Waals surface area (Å²) in [5.74, 6) is -0.214. The number of esters is 4. The molecule has 0 bridgehead atoms. The van der Waals surface area contributed by atoms with Crippen LogP contribution in [0.4, 0.5) is 0 Å². The Hall–Kier alpha value is -5.84. The first kappa shape index (κ1) is 39.6. The molecule has 0 N–H and O–H groups in total. The molecule has 0 amide bonds. The maximum atomic E-state index is 13.1. The normalized spacial score (nSPS) is 10.3. The van der Waals surface area contributed by atoms with Crippen molar-refractivity contribution in [2.24, 2.45) is 0 Å². The summed E-state index contributed by atoms with van der Waals surface area (Å²) in [4.78, 5) is 46.7. The Labute approximate surface area is 298 Å². The van der Waals surface area contributed by atoms with Crippen molar-refractivity contribution in [1.82, 2.24) is 0 Å². The maximum absolute atomic E-state index is 13.1. The van der Waals surface area contributed by atoms with Crippen molar-refractivity contribution < 1.29 is 52.3 Å². The summed E-state index contributed by atoms with van der Waals surface area (Å²) in [5.41, 5.74) is 2.16. The molecule has 0 spiro atoms. The van der Waals surface area contributed by atoms with Crippen molar-refractivity contribution in [2.75, 3.05) is 39.6 Å². The second-order valence-electron chi connectivity index (χ2n) is 10.9.